The van der Waals surface area contributed by atoms with E-state index >= 15 is 0 Å². The van der Waals surface area contributed by atoms with Crippen molar-refractivity contribution in [3.63, 3.8) is 0 Å². The fourth-order valence-corrected chi connectivity index (χ4v) is 5.05. The van der Waals surface area contributed by atoms with E-state index in [1.807, 2.05) is 48.5 Å². The average Bonchev–Trinajstić information content (AvgIpc) is 3.05. The summed E-state index contributed by atoms with van der Waals surface area (Å²) in [5.74, 6) is 3.15. The van der Waals surface area contributed by atoms with Gasteiger partial charge < -0.3 is 33.9 Å². The van der Waals surface area contributed by atoms with E-state index in [4.69, 9.17) is 33.9 Å². The average molecular weight is 615 g/mol. The van der Waals surface area contributed by atoms with Crippen molar-refractivity contribution < 1.29 is 33.9 Å². The Kier molecular flexibility index (Phi) is 12.4. The van der Waals surface area contributed by atoms with Crippen LogP contribution in [0.4, 0.5) is 0 Å². The smallest absolute Gasteiger partial charge is 0.127 e. The minimum atomic E-state index is -0.201. The third-order valence-corrected chi connectivity index (χ3v) is 8.00. The van der Waals surface area contributed by atoms with Crippen molar-refractivity contribution in [2.24, 2.45) is 0 Å². The zero-order valence-corrected chi connectivity index (χ0v) is 26.8. The Bertz CT molecular complexity index is 1300. The molecule has 0 saturated heterocycles. The molecule has 4 aromatic rings. The van der Waals surface area contributed by atoms with Crippen molar-refractivity contribution in [1.29, 1.82) is 0 Å². The summed E-state index contributed by atoms with van der Waals surface area (Å²) in [4.78, 5) is 0. The van der Waals surface area contributed by atoms with Gasteiger partial charge in [0.25, 0.3) is 0 Å². The van der Waals surface area contributed by atoms with Crippen LogP contribution in [0.25, 0.3) is 0 Å². The molecule has 7 heteroatoms. The third kappa shape index (κ3) is 9.55. The van der Waals surface area contributed by atoms with Gasteiger partial charge in [-0.1, -0.05) is 76.2 Å². The van der Waals surface area contributed by atoms with Crippen LogP contribution >= 0.6 is 0 Å². The summed E-state index contributed by atoms with van der Waals surface area (Å²) in [6.07, 6.45) is 0. The summed E-state index contributed by atoms with van der Waals surface area (Å²) in [5, 5.41) is 17.6. The highest BCUT2D eigenvalue weighted by Crippen LogP contribution is 2.36. The van der Waals surface area contributed by atoms with Crippen molar-refractivity contribution in [2.45, 2.75) is 38.5 Å². The van der Waals surface area contributed by atoms with Gasteiger partial charge in [0.05, 0.1) is 39.6 Å². The Morgan fingerprint density at radius 1 is 0.400 bits per heavy atom. The summed E-state index contributed by atoms with van der Waals surface area (Å²) in [7, 11) is 0. The molecule has 0 saturated carbocycles. The molecule has 0 spiro atoms. The van der Waals surface area contributed by atoms with Gasteiger partial charge in [0, 0.05) is 10.8 Å². The third-order valence-electron chi connectivity index (χ3n) is 8.00. The number of hydrogen-bond donors (Lipinski definition) is 2. The van der Waals surface area contributed by atoms with Crippen LogP contribution in [0.1, 0.15) is 49.9 Å². The number of benzene rings is 4. The normalized spacial score (nSPS) is 11.8. The molecule has 0 bridgehead atoms. The van der Waals surface area contributed by atoms with Gasteiger partial charge in [0.1, 0.15) is 36.2 Å². The molecule has 0 aliphatic heterocycles. The summed E-state index contributed by atoms with van der Waals surface area (Å²) in [6.45, 7) is 11.3. The number of hydrogen-bond acceptors (Lipinski definition) is 7. The Balaban J connectivity index is 1.32. The van der Waals surface area contributed by atoms with Crippen LogP contribution in [0.15, 0.2) is 97.1 Å². The maximum atomic E-state index is 8.79. The molecule has 7 nitrogen and oxygen atoms in total. The predicted molar refractivity (Wildman–Crippen MR) is 177 cm³/mol. The molecule has 4 aromatic carbocycles. The van der Waals surface area contributed by atoms with E-state index in [2.05, 4.69) is 76.2 Å². The highest BCUT2D eigenvalue weighted by atomic mass is 16.5. The first kappa shape index (κ1) is 34.0. The second kappa shape index (κ2) is 16.4. The van der Waals surface area contributed by atoms with Crippen molar-refractivity contribution in [3.8, 4) is 23.0 Å². The lowest BCUT2D eigenvalue weighted by molar-refractivity contribution is 0.0705. The van der Waals surface area contributed by atoms with Gasteiger partial charge in [-0.3, -0.25) is 0 Å². The van der Waals surface area contributed by atoms with Crippen LogP contribution in [-0.4, -0.2) is 63.1 Å². The second-order valence-corrected chi connectivity index (χ2v) is 11.8. The van der Waals surface area contributed by atoms with Gasteiger partial charge in [-0.05, 0) is 70.8 Å². The Morgan fingerprint density at radius 2 is 0.689 bits per heavy atom. The molecular formula is C38H46O7. The summed E-state index contributed by atoms with van der Waals surface area (Å²) < 4.78 is 28.2. The Morgan fingerprint density at radius 3 is 0.978 bits per heavy atom. The van der Waals surface area contributed by atoms with E-state index in [9.17, 15) is 0 Å². The van der Waals surface area contributed by atoms with Crippen molar-refractivity contribution in [3.05, 3.63) is 119 Å². The largest absolute Gasteiger partial charge is 0.491 e. The molecule has 0 aromatic heterocycles. The quantitative estimate of drug-likeness (QED) is 0.118. The van der Waals surface area contributed by atoms with Gasteiger partial charge in [0.15, 0.2) is 0 Å². The number of ether oxygens (including phenoxy) is 5. The highest BCUT2D eigenvalue weighted by molar-refractivity contribution is 5.45. The predicted octanol–water partition coefficient (Wildman–Crippen LogP) is 6.91. The molecule has 4 rings (SSSR count). The molecule has 2 N–H and O–H groups in total. The van der Waals surface area contributed by atoms with Crippen molar-refractivity contribution in [2.75, 3.05) is 52.9 Å². The zero-order chi connectivity index (χ0) is 32.1. The first-order valence-corrected chi connectivity index (χ1v) is 15.5. The van der Waals surface area contributed by atoms with E-state index in [1.54, 1.807) is 0 Å². The lowest BCUT2D eigenvalue weighted by Gasteiger charge is -2.27. The van der Waals surface area contributed by atoms with Gasteiger partial charge in [-0.15, -0.1) is 0 Å². The molecule has 0 atom stereocenters. The molecule has 0 fully saturated rings. The molecule has 0 heterocycles. The monoisotopic (exact) mass is 614 g/mol. The first-order chi connectivity index (χ1) is 21.7. The van der Waals surface area contributed by atoms with Crippen LogP contribution in [0.3, 0.4) is 0 Å². The van der Waals surface area contributed by atoms with E-state index in [0.717, 1.165) is 23.0 Å². The van der Waals surface area contributed by atoms with Crippen LogP contribution in [-0.2, 0) is 20.3 Å². The van der Waals surface area contributed by atoms with E-state index in [-0.39, 0.29) is 24.0 Å². The highest BCUT2D eigenvalue weighted by Gasteiger charge is 2.24. The maximum Gasteiger partial charge on any atom is 0.127 e. The standard InChI is InChI=1S/C38H46O7/c1-37(2,29-5-13-33(14-6-29)43-27-25-41-23-21-39)31-9-17-35(18-10-31)45-36-19-11-32(12-20-36)38(3,4)30-7-15-34(16-8-30)44-28-26-42-24-22-40/h5-20,39-40H,21-28H2,1-4H3. The van der Waals surface area contributed by atoms with E-state index < -0.39 is 0 Å². The molecule has 0 aliphatic carbocycles. The van der Waals surface area contributed by atoms with Crippen LogP contribution in [0.5, 0.6) is 23.0 Å². The maximum absolute atomic E-state index is 8.79. The molecule has 0 radical (unpaired) electrons. The van der Waals surface area contributed by atoms with Crippen LogP contribution in [0, 0.1) is 0 Å². The molecule has 240 valence electrons. The zero-order valence-electron chi connectivity index (χ0n) is 26.8. The molecule has 45 heavy (non-hydrogen) atoms. The molecule has 0 unspecified atom stereocenters. The number of aliphatic hydroxyl groups excluding tert-OH is 2. The minimum absolute atomic E-state index is 0.0163. The minimum Gasteiger partial charge on any atom is -0.491 e. The van der Waals surface area contributed by atoms with Crippen molar-refractivity contribution in [1.82, 2.24) is 0 Å². The SMILES string of the molecule is CC(C)(c1ccc(OCCOCCO)cc1)c1ccc(Oc2ccc(C(C)(C)c3ccc(OCCOCCO)cc3)cc2)cc1. The summed E-state index contributed by atoms with van der Waals surface area (Å²) in [6, 6.07) is 32.8. The van der Waals surface area contributed by atoms with Gasteiger partial charge in [0.2, 0.25) is 0 Å². The topological polar surface area (TPSA) is 86.6 Å². The molecular weight excluding hydrogens is 568 g/mol. The van der Waals surface area contributed by atoms with Crippen LogP contribution in [0.2, 0.25) is 0 Å². The molecule has 0 amide bonds. The fraction of sp³-hybridized carbons (Fsp3) is 0.368. The summed E-state index contributed by atoms with van der Waals surface area (Å²) in [5.41, 5.74) is 4.34. The van der Waals surface area contributed by atoms with Gasteiger partial charge in [-0.25, -0.2) is 0 Å². The van der Waals surface area contributed by atoms with Crippen molar-refractivity contribution >= 4 is 0 Å². The van der Waals surface area contributed by atoms with E-state index in [0.29, 0.717) is 39.6 Å². The lowest BCUT2D eigenvalue weighted by atomic mass is 9.78. The molecule has 0 aliphatic rings. The van der Waals surface area contributed by atoms with Gasteiger partial charge in [-0.2, -0.15) is 0 Å². The number of rotatable bonds is 18. The second-order valence-electron chi connectivity index (χ2n) is 11.8. The van der Waals surface area contributed by atoms with E-state index in [1.165, 1.54) is 22.3 Å². The number of aliphatic hydroxyl groups is 2. The fourth-order valence-electron chi connectivity index (χ4n) is 5.05. The van der Waals surface area contributed by atoms with Crippen LogP contribution < -0.4 is 14.2 Å². The van der Waals surface area contributed by atoms with Gasteiger partial charge >= 0.3 is 0 Å². The lowest BCUT2D eigenvalue weighted by Crippen LogP contribution is -2.19. The Labute approximate surface area is 267 Å². The summed E-state index contributed by atoms with van der Waals surface area (Å²) >= 11 is 0. The Hall–Kier alpha value is -3.88. The first-order valence-electron chi connectivity index (χ1n) is 15.5.